The number of ketones is 1. The Morgan fingerprint density at radius 3 is 2.67 bits per heavy atom. The van der Waals surface area contributed by atoms with E-state index in [0.717, 1.165) is 6.07 Å². The summed E-state index contributed by atoms with van der Waals surface area (Å²) in [5.74, 6) is -0.156. The van der Waals surface area contributed by atoms with Crippen molar-refractivity contribution < 1.29 is 13.2 Å². The molecule has 0 bridgehead atoms. The molecule has 2 N–H and O–H groups in total. The Kier molecular flexibility index (Phi) is 4.18. The highest BCUT2D eigenvalue weighted by molar-refractivity contribution is 7.92. The maximum Gasteiger partial charge on any atom is 0.264 e. The normalized spacial score (nSPS) is 11.1. The van der Waals surface area contributed by atoms with Gasteiger partial charge in [0.1, 0.15) is 0 Å². The first kappa shape index (κ1) is 14.9. The maximum atomic E-state index is 12.2. The summed E-state index contributed by atoms with van der Waals surface area (Å²) < 4.78 is 26.6. The first-order valence-corrected chi connectivity index (χ1v) is 7.62. The number of carbonyl (C=O) groups is 1. The number of benzene rings is 1. The van der Waals surface area contributed by atoms with Gasteiger partial charge in [-0.05, 0) is 18.2 Å². The van der Waals surface area contributed by atoms with Gasteiger partial charge in [-0.25, -0.2) is 13.5 Å². The molecule has 110 valence electrons. The zero-order valence-corrected chi connectivity index (χ0v) is 12.0. The second-order valence-electron chi connectivity index (χ2n) is 4.22. The van der Waals surface area contributed by atoms with Gasteiger partial charge < -0.3 is 0 Å². The average molecular weight is 307 g/mol. The van der Waals surface area contributed by atoms with Crippen molar-refractivity contribution in [2.24, 2.45) is 0 Å². The number of Topliss-reactive ketones (excluding diaryl/α,β-unsaturated/α-hetero) is 1. The lowest BCUT2D eigenvalue weighted by Crippen LogP contribution is -2.16. The quantitative estimate of drug-likeness (QED) is 0.806. The lowest BCUT2D eigenvalue weighted by molar-refractivity contribution is 0.0988. The lowest BCUT2D eigenvalue weighted by atomic mass is 10.1. The number of nitrogens with zero attached hydrogens (tertiary/aromatic N) is 1. The number of aromatic nitrogens is 2. The number of hydrogen-bond acceptors (Lipinski definition) is 5. The molecule has 1 aromatic heterocycles. The van der Waals surface area contributed by atoms with Crippen LogP contribution in [0.4, 0.5) is 5.82 Å². The Bertz CT molecular complexity index is 807. The molecule has 0 amide bonds. The van der Waals surface area contributed by atoms with Crippen molar-refractivity contribution >= 4 is 21.6 Å². The van der Waals surface area contributed by atoms with Gasteiger partial charge in [0.15, 0.2) is 11.6 Å². The van der Waals surface area contributed by atoms with E-state index in [1.807, 2.05) is 0 Å². The Morgan fingerprint density at radius 2 is 2.05 bits per heavy atom. The minimum atomic E-state index is -3.88. The molecule has 8 heteroatoms. The molecule has 0 saturated heterocycles. The number of nitrogens with one attached hydrogen (secondary N) is 2. The third kappa shape index (κ3) is 3.54. The second kappa shape index (κ2) is 5.88. The summed E-state index contributed by atoms with van der Waals surface area (Å²) in [5.41, 5.74) is -0.108. The molecule has 0 saturated carbocycles. The predicted octanol–water partition coefficient (Wildman–Crippen LogP) is 1.16. The fraction of sp³-hybridized carbons (Fsp3) is 0.154. The number of sulfonamides is 1. The highest BCUT2D eigenvalue weighted by Crippen LogP contribution is 2.16. The molecular formula is C13H13N3O4S. The molecule has 0 aliphatic rings. The molecule has 2 rings (SSSR count). The molecular weight excluding hydrogens is 294 g/mol. The van der Waals surface area contributed by atoms with Gasteiger partial charge in [-0.1, -0.05) is 19.1 Å². The van der Waals surface area contributed by atoms with Gasteiger partial charge in [0.05, 0.1) is 4.90 Å². The minimum absolute atomic E-state index is 0.0122. The van der Waals surface area contributed by atoms with Crippen molar-refractivity contribution in [3.05, 3.63) is 52.3 Å². The van der Waals surface area contributed by atoms with Gasteiger partial charge in [-0.3, -0.25) is 14.3 Å². The minimum Gasteiger partial charge on any atom is -0.294 e. The number of H-pyrrole nitrogens is 1. The van der Waals surface area contributed by atoms with Crippen molar-refractivity contribution in [1.82, 2.24) is 10.2 Å². The highest BCUT2D eigenvalue weighted by atomic mass is 32.2. The van der Waals surface area contributed by atoms with Crippen LogP contribution in [-0.2, 0) is 10.0 Å². The van der Waals surface area contributed by atoms with Gasteiger partial charge in [-0.2, -0.15) is 5.10 Å². The van der Waals surface area contributed by atoms with Crippen molar-refractivity contribution in [1.29, 1.82) is 0 Å². The maximum absolute atomic E-state index is 12.2. The SMILES string of the molecule is CCC(=O)c1cccc(S(=O)(=O)Nc2ccc(=O)[nH]n2)c1. The molecule has 21 heavy (non-hydrogen) atoms. The molecule has 0 atom stereocenters. The molecule has 2 aromatic rings. The van der Waals surface area contributed by atoms with Crippen LogP contribution in [0.5, 0.6) is 0 Å². The van der Waals surface area contributed by atoms with Crippen LogP contribution in [0.25, 0.3) is 0 Å². The van der Waals surface area contributed by atoms with E-state index in [0.29, 0.717) is 12.0 Å². The first-order valence-electron chi connectivity index (χ1n) is 6.14. The molecule has 7 nitrogen and oxygen atoms in total. The van der Waals surface area contributed by atoms with E-state index in [2.05, 4.69) is 14.9 Å². The molecule has 0 aliphatic heterocycles. The molecule has 0 unspecified atom stereocenters. The third-order valence-electron chi connectivity index (χ3n) is 2.71. The van der Waals surface area contributed by atoms with E-state index in [9.17, 15) is 18.0 Å². The van der Waals surface area contributed by atoms with E-state index < -0.39 is 15.6 Å². The lowest BCUT2D eigenvalue weighted by Gasteiger charge is -2.07. The molecule has 0 radical (unpaired) electrons. The van der Waals surface area contributed by atoms with Gasteiger partial charge in [-0.15, -0.1) is 0 Å². The fourth-order valence-corrected chi connectivity index (χ4v) is 2.69. The van der Waals surface area contributed by atoms with Crippen LogP contribution in [0.2, 0.25) is 0 Å². The van der Waals surface area contributed by atoms with E-state index in [1.165, 1.54) is 24.3 Å². The van der Waals surface area contributed by atoms with Crippen molar-refractivity contribution in [2.45, 2.75) is 18.2 Å². The van der Waals surface area contributed by atoms with Gasteiger partial charge in [0, 0.05) is 18.1 Å². The summed E-state index contributed by atoms with van der Waals surface area (Å²) in [5, 5.41) is 5.69. The second-order valence-corrected chi connectivity index (χ2v) is 5.90. The number of rotatable bonds is 5. The Morgan fingerprint density at radius 1 is 1.29 bits per heavy atom. The van der Waals surface area contributed by atoms with Crippen LogP contribution in [0.15, 0.2) is 46.1 Å². The summed E-state index contributed by atoms with van der Waals surface area (Å²) >= 11 is 0. The third-order valence-corrected chi connectivity index (χ3v) is 4.06. The van der Waals surface area contributed by atoms with Crippen LogP contribution in [-0.4, -0.2) is 24.4 Å². The van der Waals surface area contributed by atoms with E-state index in [4.69, 9.17) is 0 Å². The van der Waals surface area contributed by atoms with Crippen molar-refractivity contribution in [3.8, 4) is 0 Å². The van der Waals surface area contributed by atoms with Crippen LogP contribution in [0.3, 0.4) is 0 Å². The van der Waals surface area contributed by atoms with Gasteiger partial charge in [0.2, 0.25) is 0 Å². The number of hydrogen-bond donors (Lipinski definition) is 2. The zero-order valence-electron chi connectivity index (χ0n) is 11.2. The fourth-order valence-electron chi connectivity index (χ4n) is 1.64. The standard InChI is InChI=1S/C13H13N3O4S/c1-2-11(17)9-4-3-5-10(8-9)21(19,20)16-12-6-7-13(18)15-14-12/h3-8H,2H2,1H3,(H,14,16)(H,15,18). The smallest absolute Gasteiger partial charge is 0.264 e. The topological polar surface area (TPSA) is 109 Å². The number of carbonyl (C=O) groups excluding carboxylic acids is 1. The van der Waals surface area contributed by atoms with Crippen molar-refractivity contribution in [2.75, 3.05) is 4.72 Å². The van der Waals surface area contributed by atoms with Crippen molar-refractivity contribution in [3.63, 3.8) is 0 Å². The predicted molar refractivity (Wildman–Crippen MR) is 76.7 cm³/mol. The van der Waals surface area contributed by atoms with E-state index in [1.54, 1.807) is 13.0 Å². The Labute approximate surface area is 121 Å². The molecule has 0 spiro atoms. The Hall–Kier alpha value is -2.48. The van der Waals surface area contributed by atoms with Crippen LogP contribution < -0.4 is 10.3 Å². The van der Waals surface area contributed by atoms with Gasteiger partial charge in [0.25, 0.3) is 15.6 Å². The summed E-state index contributed by atoms with van der Waals surface area (Å²) in [6.45, 7) is 1.70. The van der Waals surface area contributed by atoms with E-state index in [-0.39, 0.29) is 16.5 Å². The van der Waals surface area contributed by atoms with Crippen LogP contribution >= 0.6 is 0 Å². The number of aromatic amines is 1. The zero-order chi connectivity index (χ0) is 15.5. The first-order chi connectivity index (χ1) is 9.92. The number of anilines is 1. The van der Waals surface area contributed by atoms with Crippen LogP contribution in [0.1, 0.15) is 23.7 Å². The highest BCUT2D eigenvalue weighted by Gasteiger charge is 2.16. The Balaban J connectivity index is 2.33. The largest absolute Gasteiger partial charge is 0.294 e. The summed E-state index contributed by atoms with van der Waals surface area (Å²) in [7, 11) is -3.88. The summed E-state index contributed by atoms with van der Waals surface area (Å²) in [6.07, 6.45) is 0.290. The van der Waals surface area contributed by atoms with Gasteiger partial charge >= 0.3 is 0 Å². The summed E-state index contributed by atoms with van der Waals surface area (Å²) in [6, 6.07) is 8.14. The molecule has 0 fully saturated rings. The van der Waals surface area contributed by atoms with E-state index >= 15 is 0 Å². The van der Waals surface area contributed by atoms with Crippen LogP contribution in [0, 0.1) is 0 Å². The monoisotopic (exact) mass is 307 g/mol. The summed E-state index contributed by atoms with van der Waals surface area (Å²) in [4.78, 5) is 22.5. The molecule has 1 aromatic carbocycles. The average Bonchev–Trinajstić information content (AvgIpc) is 2.49. The molecule has 1 heterocycles. The molecule has 0 aliphatic carbocycles.